The minimum absolute atomic E-state index is 0.443. The van der Waals surface area contributed by atoms with Gasteiger partial charge in [-0.2, -0.15) is 0 Å². The third-order valence-electron chi connectivity index (χ3n) is 3.97. The molecule has 0 aliphatic rings. The van der Waals surface area contributed by atoms with Gasteiger partial charge in [-0.15, -0.1) is 0 Å². The van der Waals surface area contributed by atoms with E-state index in [4.69, 9.17) is 4.74 Å². The number of aliphatic hydroxyl groups excluding tert-OH is 1. The Bertz CT molecular complexity index is 938. The summed E-state index contributed by atoms with van der Waals surface area (Å²) in [4.78, 5) is 36.6. The van der Waals surface area contributed by atoms with E-state index in [0.717, 1.165) is 17.9 Å². The fourth-order valence-electron chi connectivity index (χ4n) is 2.64. The summed E-state index contributed by atoms with van der Waals surface area (Å²) in [6.45, 7) is 1.01. The molecule has 1 atom stereocenters. The maximum Gasteiger partial charge on any atom is 0.356 e. The number of rotatable bonds is 7. The molecule has 10 heteroatoms. The van der Waals surface area contributed by atoms with E-state index in [-0.39, 0.29) is 0 Å². The van der Waals surface area contributed by atoms with Gasteiger partial charge in [0.2, 0.25) is 5.43 Å². The van der Waals surface area contributed by atoms with Gasteiger partial charge in [0.25, 0.3) is 5.91 Å². The Kier molecular flexibility index (Phi) is 6.49. The van der Waals surface area contributed by atoms with Crippen molar-refractivity contribution in [2.45, 2.75) is 25.8 Å². The summed E-state index contributed by atoms with van der Waals surface area (Å²) in [5.41, 5.74) is -1.46. The van der Waals surface area contributed by atoms with Crippen molar-refractivity contribution in [2.75, 3.05) is 7.11 Å². The summed E-state index contributed by atoms with van der Waals surface area (Å²) in [6.07, 6.45) is -1.01. The molecule has 0 saturated carbocycles. The lowest BCUT2D eigenvalue weighted by Gasteiger charge is -2.18. The minimum Gasteiger partial charge on any atom is -0.491 e. The Labute approximate surface area is 158 Å². The van der Waals surface area contributed by atoms with Crippen molar-refractivity contribution in [1.29, 1.82) is 0 Å². The number of carboxylic acid groups (broad SMARTS) is 1. The molecule has 28 heavy (non-hydrogen) atoms. The Balaban J connectivity index is 2.45. The lowest BCUT2D eigenvalue weighted by atomic mass is 10.1. The quantitative estimate of drug-likeness (QED) is 0.502. The van der Waals surface area contributed by atoms with Gasteiger partial charge in [0.1, 0.15) is 11.4 Å². The normalized spacial score (nSPS) is 11.9. The third kappa shape index (κ3) is 4.53. The molecule has 1 heterocycles. The number of pyridine rings is 1. The number of carboxylic acids is 1. The molecule has 150 valence electrons. The van der Waals surface area contributed by atoms with Gasteiger partial charge in [-0.1, -0.05) is 12.1 Å². The average molecular weight is 394 g/mol. The zero-order chi connectivity index (χ0) is 21.0. The molecule has 9 nitrogen and oxygen atoms in total. The SMILES string of the molecule is COc1c(C(=O)O)n(CC(O)O)cc(C(=O)NC(C)c2ccc(F)cc2)c1=O. The number of aromatic carboxylic acids is 1. The van der Waals surface area contributed by atoms with E-state index in [1.807, 2.05) is 0 Å². The number of nitrogens with one attached hydrogen (secondary N) is 1. The molecule has 1 amide bonds. The second-order valence-corrected chi connectivity index (χ2v) is 5.94. The van der Waals surface area contributed by atoms with Gasteiger partial charge < -0.3 is 29.9 Å². The predicted molar refractivity (Wildman–Crippen MR) is 94.7 cm³/mol. The lowest BCUT2D eigenvalue weighted by molar-refractivity contribution is -0.0518. The number of aromatic nitrogens is 1. The molecular weight excluding hydrogens is 375 g/mol. The number of carbonyl (C=O) groups is 2. The van der Waals surface area contributed by atoms with Crippen molar-refractivity contribution in [2.24, 2.45) is 0 Å². The van der Waals surface area contributed by atoms with Crippen LogP contribution in [0.4, 0.5) is 4.39 Å². The van der Waals surface area contributed by atoms with Crippen LogP contribution in [0.2, 0.25) is 0 Å². The number of benzene rings is 1. The van der Waals surface area contributed by atoms with Crippen LogP contribution in [0.1, 0.15) is 39.4 Å². The Morgan fingerprint density at radius 3 is 2.36 bits per heavy atom. The van der Waals surface area contributed by atoms with Crippen molar-refractivity contribution < 1.29 is 34.0 Å². The molecule has 4 N–H and O–H groups in total. The van der Waals surface area contributed by atoms with E-state index in [2.05, 4.69) is 5.32 Å². The van der Waals surface area contributed by atoms with Crippen LogP contribution in [-0.4, -0.2) is 45.2 Å². The minimum atomic E-state index is -1.93. The van der Waals surface area contributed by atoms with Gasteiger partial charge in [-0.25, -0.2) is 9.18 Å². The Morgan fingerprint density at radius 1 is 1.25 bits per heavy atom. The number of carbonyl (C=O) groups excluding carboxylic acids is 1. The maximum atomic E-state index is 13.0. The number of nitrogens with zero attached hydrogens (tertiary/aromatic N) is 1. The average Bonchev–Trinajstić information content (AvgIpc) is 2.62. The zero-order valence-corrected chi connectivity index (χ0v) is 15.0. The monoisotopic (exact) mass is 394 g/mol. The van der Waals surface area contributed by atoms with Crippen LogP contribution in [0.3, 0.4) is 0 Å². The number of hydrogen-bond acceptors (Lipinski definition) is 6. The molecule has 0 saturated heterocycles. The van der Waals surface area contributed by atoms with Crippen LogP contribution in [0, 0.1) is 5.82 Å². The molecule has 0 spiro atoms. The molecule has 0 aliphatic heterocycles. The zero-order valence-electron chi connectivity index (χ0n) is 15.0. The summed E-state index contributed by atoms with van der Waals surface area (Å²) in [6, 6.07) is 4.79. The number of amides is 1. The molecule has 0 fully saturated rings. The maximum absolute atomic E-state index is 13.0. The van der Waals surface area contributed by atoms with Gasteiger partial charge >= 0.3 is 5.97 Å². The van der Waals surface area contributed by atoms with Gasteiger partial charge in [-0.05, 0) is 24.6 Å². The van der Waals surface area contributed by atoms with Gasteiger partial charge in [0, 0.05) is 6.20 Å². The molecule has 1 aromatic carbocycles. The predicted octanol–water partition coefficient (Wildman–Crippen LogP) is 0.496. The molecule has 0 aliphatic carbocycles. The molecule has 0 radical (unpaired) electrons. The number of methoxy groups -OCH3 is 1. The highest BCUT2D eigenvalue weighted by atomic mass is 19.1. The number of hydrogen-bond donors (Lipinski definition) is 4. The number of halogens is 1. The van der Waals surface area contributed by atoms with Crippen LogP contribution >= 0.6 is 0 Å². The Hall–Kier alpha value is -3.24. The van der Waals surface area contributed by atoms with Crippen LogP contribution in [0.5, 0.6) is 5.75 Å². The third-order valence-corrected chi connectivity index (χ3v) is 3.97. The van der Waals surface area contributed by atoms with Crippen molar-refractivity contribution in [3.63, 3.8) is 0 Å². The van der Waals surface area contributed by atoms with Crippen molar-refractivity contribution in [3.05, 3.63) is 63.3 Å². The summed E-state index contributed by atoms with van der Waals surface area (Å²) < 4.78 is 18.7. The summed E-state index contributed by atoms with van der Waals surface area (Å²) in [5, 5.41) is 30.2. The summed E-state index contributed by atoms with van der Waals surface area (Å²) in [5.74, 6) is -3.43. The van der Waals surface area contributed by atoms with Crippen LogP contribution in [-0.2, 0) is 6.54 Å². The molecule has 0 bridgehead atoms. The molecule has 1 aromatic heterocycles. The van der Waals surface area contributed by atoms with E-state index in [9.17, 15) is 34.1 Å². The number of aliphatic hydroxyl groups is 2. The molecule has 1 unspecified atom stereocenters. The second-order valence-electron chi connectivity index (χ2n) is 5.94. The number of ether oxygens (including phenoxy) is 1. The van der Waals surface area contributed by atoms with E-state index in [0.29, 0.717) is 5.56 Å². The molecule has 2 aromatic rings. The molecule has 2 rings (SSSR count). The molecular formula is C18H19FN2O7. The fourth-order valence-corrected chi connectivity index (χ4v) is 2.64. The van der Waals surface area contributed by atoms with Crippen LogP contribution in [0.15, 0.2) is 35.3 Å². The topological polar surface area (TPSA) is 138 Å². The first-order valence-corrected chi connectivity index (χ1v) is 8.12. The van der Waals surface area contributed by atoms with Crippen molar-refractivity contribution in [1.82, 2.24) is 9.88 Å². The van der Waals surface area contributed by atoms with E-state index >= 15 is 0 Å². The highest BCUT2D eigenvalue weighted by Crippen LogP contribution is 2.17. The largest absolute Gasteiger partial charge is 0.491 e. The second kappa shape index (κ2) is 8.63. The fraction of sp³-hybridized carbons (Fsp3) is 0.278. The standard InChI is InChI=1S/C18H19FN2O7/c1-9(10-3-5-11(19)6-4-10)20-17(25)12-7-21(8-13(22)23)14(18(26)27)16(28-2)15(12)24/h3-7,9,13,22-23H,8H2,1-2H3,(H,20,25)(H,26,27). The first-order valence-electron chi connectivity index (χ1n) is 8.12. The van der Waals surface area contributed by atoms with Gasteiger partial charge in [-0.3, -0.25) is 9.59 Å². The highest BCUT2D eigenvalue weighted by molar-refractivity contribution is 5.96. The van der Waals surface area contributed by atoms with E-state index in [1.165, 1.54) is 24.3 Å². The van der Waals surface area contributed by atoms with Gasteiger partial charge in [0.05, 0.1) is 19.7 Å². The van der Waals surface area contributed by atoms with Gasteiger partial charge in [0.15, 0.2) is 17.7 Å². The smallest absolute Gasteiger partial charge is 0.356 e. The summed E-state index contributed by atoms with van der Waals surface area (Å²) in [7, 11) is 1.06. The highest BCUT2D eigenvalue weighted by Gasteiger charge is 2.26. The lowest BCUT2D eigenvalue weighted by Crippen LogP contribution is -2.34. The van der Waals surface area contributed by atoms with Crippen LogP contribution in [0.25, 0.3) is 0 Å². The Morgan fingerprint density at radius 2 is 1.86 bits per heavy atom. The van der Waals surface area contributed by atoms with Crippen molar-refractivity contribution in [3.8, 4) is 5.75 Å². The van der Waals surface area contributed by atoms with E-state index in [1.54, 1.807) is 6.92 Å². The first-order chi connectivity index (χ1) is 13.1. The van der Waals surface area contributed by atoms with Crippen molar-refractivity contribution >= 4 is 11.9 Å². The van der Waals surface area contributed by atoms with Crippen LogP contribution < -0.4 is 15.5 Å². The summed E-state index contributed by atoms with van der Waals surface area (Å²) >= 11 is 0. The first kappa shape index (κ1) is 21.1. The van der Waals surface area contributed by atoms with E-state index < -0.39 is 59.0 Å².